The fourth-order valence-electron chi connectivity index (χ4n) is 3.49. The number of nitrogens with zero attached hydrogens (tertiary/aromatic N) is 2. The van der Waals surface area contributed by atoms with Crippen molar-refractivity contribution in [1.82, 2.24) is 4.90 Å². The molecule has 2 rings (SSSR count). The third-order valence-corrected chi connectivity index (χ3v) is 6.48. The Balaban J connectivity index is 1.90. The summed E-state index contributed by atoms with van der Waals surface area (Å²) in [5.74, 6) is 0.457. The minimum Gasteiger partial charge on any atom is -0.403 e. The molecule has 162 valence electrons. The molecule has 0 amide bonds. The lowest BCUT2D eigenvalue weighted by Gasteiger charge is -2.34. The van der Waals surface area contributed by atoms with Crippen LogP contribution in [0.5, 0.6) is 0 Å². The summed E-state index contributed by atoms with van der Waals surface area (Å²) in [5, 5.41) is 0. The van der Waals surface area contributed by atoms with Crippen molar-refractivity contribution in [1.29, 1.82) is 0 Å². The maximum absolute atomic E-state index is 13.9. The van der Waals surface area contributed by atoms with E-state index < -0.39 is 10.8 Å². The Morgan fingerprint density at radius 2 is 2.03 bits per heavy atom. The first-order valence-electron chi connectivity index (χ1n) is 10.2. The first-order chi connectivity index (χ1) is 13.7. The second kappa shape index (κ2) is 11.0. The highest BCUT2D eigenvalue weighted by atomic mass is 32.2. The van der Waals surface area contributed by atoms with Gasteiger partial charge in [0.2, 0.25) is 0 Å². The Hall–Kier alpha value is -1.57. The van der Waals surface area contributed by atoms with Gasteiger partial charge >= 0.3 is 0 Å². The van der Waals surface area contributed by atoms with Crippen molar-refractivity contribution in [2.24, 2.45) is 16.6 Å². The molecule has 2 atom stereocenters. The van der Waals surface area contributed by atoms with E-state index in [2.05, 4.69) is 9.89 Å². The van der Waals surface area contributed by atoms with Crippen LogP contribution in [0.15, 0.2) is 46.6 Å². The van der Waals surface area contributed by atoms with Crippen LogP contribution in [0, 0.1) is 11.7 Å². The van der Waals surface area contributed by atoms with E-state index >= 15 is 0 Å². The lowest BCUT2D eigenvalue weighted by molar-refractivity contribution is -0.0228. The molecule has 2 N–H and O–H groups in total. The van der Waals surface area contributed by atoms with Crippen molar-refractivity contribution >= 4 is 16.5 Å². The van der Waals surface area contributed by atoms with Gasteiger partial charge in [-0.05, 0) is 71.7 Å². The second-order valence-corrected chi connectivity index (χ2v) is 9.96. The molecule has 7 heteroatoms. The number of hydrogen-bond acceptors (Lipinski definition) is 5. The predicted molar refractivity (Wildman–Crippen MR) is 118 cm³/mol. The van der Waals surface area contributed by atoms with Gasteiger partial charge in [0.25, 0.3) is 0 Å². The molecular weight excluding hydrogens is 389 g/mol. The third kappa shape index (κ3) is 7.99. The van der Waals surface area contributed by atoms with Gasteiger partial charge in [0.15, 0.2) is 0 Å². The zero-order valence-corrected chi connectivity index (χ0v) is 18.8. The van der Waals surface area contributed by atoms with E-state index in [0.717, 1.165) is 31.6 Å². The standard InChI is InChI=1S/C22H34FN3O2S/c1-17(28-22(2,3)4)20(25-12-11-24)15-26-13-9-18(10-14-26)16-29(27)21-8-6-5-7-19(21)23/h5-8,11-12,17-18H,9-10,13-16,24H2,1-4H3/b12-11-,25-20?. The summed E-state index contributed by atoms with van der Waals surface area (Å²) in [6.07, 6.45) is 4.79. The monoisotopic (exact) mass is 423 g/mol. The van der Waals surface area contributed by atoms with Crippen molar-refractivity contribution in [3.8, 4) is 0 Å². The maximum atomic E-state index is 13.9. The van der Waals surface area contributed by atoms with Crippen molar-refractivity contribution in [2.75, 3.05) is 25.4 Å². The maximum Gasteiger partial charge on any atom is 0.139 e. The Morgan fingerprint density at radius 1 is 1.38 bits per heavy atom. The molecule has 1 heterocycles. The Kier molecular flexibility index (Phi) is 8.99. The minimum atomic E-state index is -1.30. The van der Waals surface area contributed by atoms with E-state index in [1.54, 1.807) is 24.4 Å². The highest BCUT2D eigenvalue weighted by molar-refractivity contribution is 7.85. The molecule has 0 bridgehead atoms. The first-order valence-corrected chi connectivity index (χ1v) is 11.5. The molecule has 0 radical (unpaired) electrons. The zero-order chi connectivity index (χ0) is 21.4. The van der Waals surface area contributed by atoms with Crippen LogP contribution in [0.4, 0.5) is 4.39 Å². The van der Waals surface area contributed by atoms with Crippen LogP contribution in [0.25, 0.3) is 0 Å². The Bertz CT molecular complexity index is 738. The summed E-state index contributed by atoms with van der Waals surface area (Å²) in [6.45, 7) is 10.6. The molecule has 2 unspecified atom stereocenters. The molecule has 1 aliphatic heterocycles. The number of piperidine rings is 1. The number of likely N-dealkylation sites (tertiary alicyclic amines) is 1. The Labute approximate surface area is 176 Å². The van der Waals surface area contributed by atoms with Crippen molar-refractivity contribution < 1.29 is 13.3 Å². The van der Waals surface area contributed by atoms with Gasteiger partial charge in [-0.15, -0.1) is 0 Å². The number of halogens is 1. The molecule has 1 aromatic carbocycles. The van der Waals surface area contributed by atoms with Gasteiger partial charge in [0, 0.05) is 24.7 Å². The molecular formula is C22H34FN3O2S. The third-order valence-electron chi connectivity index (χ3n) is 4.89. The van der Waals surface area contributed by atoms with Gasteiger partial charge in [-0.3, -0.25) is 14.1 Å². The van der Waals surface area contributed by atoms with Gasteiger partial charge in [-0.2, -0.15) is 0 Å². The number of nitrogens with two attached hydrogens (primary N) is 1. The van der Waals surface area contributed by atoms with Crippen molar-refractivity contribution in [3.05, 3.63) is 42.5 Å². The molecule has 1 saturated heterocycles. The van der Waals surface area contributed by atoms with Crippen LogP contribution in [0.2, 0.25) is 0 Å². The predicted octanol–water partition coefficient (Wildman–Crippen LogP) is 3.72. The van der Waals surface area contributed by atoms with Crippen LogP contribution < -0.4 is 5.73 Å². The number of benzene rings is 1. The van der Waals surface area contributed by atoms with E-state index in [4.69, 9.17) is 10.5 Å². The highest BCUT2D eigenvalue weighted by Crippen LogP contribution is 2.22. The summed E-state index contributed by atoms with van der Waals surface area (Å²) < 4.78 is 32.5. The van der Waals surface area contributed by atoms with E-state index in [0.29, 0.717) is 23.1 Å². The van der Waals surface area contributed by atoms with E-state index in [-0.39, 0.29) is 17.5 Å². The molecule has 1 aliphatic rings. The van der Waals surface area contributed by atoms with Crippen molar-refractivity contribution in [3.63, 3.8) is 0 Å². The molecule has 29 heavy (non-hydrogen) atoms. The number of rotatable bonds is 8. The topological polar surface area (TPSA) is 67.9 Å². The number of ether oxygens (including phenoxy) is 1. The molecule has 0 aromatic heterocycles. The van der Waals surface area contributed by atoms with Crippen LogP contribution in [-0.4, -0.2) is 51.9 Å². The molecule has 1 aromatic rings. The van der Waals surface area contributed by atoms with Crippen molar-refractivity contribution in [2.45, 2.75) is 57.1 Å². The van der Waals surface area contributed by atoms with Crippen LogP contribution in [0.1, 0.15) is 40.5 Å². The largest absolute Gasteiger partial charge is 0.403 e. The van der Waals surface area contributed by atoms with Gasteiger partial charge in [0.05, 0.1) is 33.1 Å². The molecule has 0 spiro atoms. The average Bonchev–Trinajstić information content (AvgIpc) is 2.65. The highest BCUT2D eigenvalue weighted by Gasteiger charge is 2.26. The Morgan fingerprint density at radius 3 is 2.62 bits per heavy atom. The van der Waals surface area contributed by atoms with Gasteiger partial charge in [0.1, 0.15) is 5.82 Å². The molecule has 0 saturated carbocycles. The van der Waals surface area contributed by atoms with Gasteiger partial charge in [-0.25, -0.2) is 4.39 Å². The summed E-state index contributed by atoms with van der Waals surface area (Å²) in [4.78, 5) is 7.14. The fraction of sp³-hybridized carbons (Fsp3) is 0.591. The number of aliphatic imine (C=N–C) groups is 1. The van der Waals surface area contributed by atoms with E-state index in [1.807, 2.05) is 27.7 Å². The molecule has 5 nitrogen and oxygen atoms in total. The van der Waals surface area contributed by atoms with Crippen LogP contribution in [-0.2, 0) is 15.5 Å². The average molecular weight is 424 g/mol. The fourth-order valence-corrected chi connectivity index (χ4v) is 4.94. The zero-order valence-electron chi connectivity index (χ0n) is 17.9. The molecule has 0 aliphatic carbocycles. The smallest absolute Gasteiger partial charge is 0.139 e. The van der Waals surface area contributed by atoms with E-state index in [9.17, 15) is 8.60 Å². The molecule has 1 fully saturated rings. The van der Waals surface area contributed by atoms with Gasteiger partial charge in [-0.1, -0.05) is 12.1 Å². The van der Waals surface area contributed by atoms with Crippen LogP contribution >= 0.6 is 0 Å². The lowest BCUT2D eigenvalue weighted by Crippen LogP contribution is -2.42. The quantitative estimate of drug-likeness (QED) is 0.647. The summed E-state index contributed by atoms with van der Waals surface area (Å²) in [7, 11) is -1.30. The second-order valence-electron chi connectivity index (χ2n) is 8.50. The minimum absolute atomic E-state index is 0.113. The van der Waals surface area contributed by atoms with Crippen LogP contribution in [0.3, 0.4) is 0 Å². The summed E-state index contributed by atoms with van der Waals surface area (Å²) in [6, 6.07) is 6.34. The summed E-state index contributed by atoms with van der Waals surface area (Å²) >= 11 is 0. The lowest BCUT2D eigenvalue weighted by atomic mass is 9.98. The van der Waals surface area contributed by atoms with Gasteiger partial charge < -0.3 is 10.5 Å². The normalized spacial score (nSPS) is 19.6. The number of hydrogen-bond donors (Lipinski definition) is 1. The first kappa shape index (κ1) is 23.7. The SMILES string of the molecule is CC(OC(C)(C)C)C(CN1CCC(CS(=O)c2ccccc2F)CC1)=N/C=C\N. The van der Waals surface area contributed by atoms with E-state index in [1.165, 1.54) is 12.3 Å². The summed E-state index contributed by atoms with van der Waals surface area (Å²) in [5.41, 5.74) is 6.15.